The van der Waals surface area contributed by atoms with Gasteiger partial charge in [0.25, 0.3) is 5.91 Å². The second-order valence-corrected chi connectivity index (χ2v) is 10.2. The highest BCUT2D eigenvalue weighted by molar-refractivity contribution is 7.90. The Morgan fingerprint density at radius 2 is 1.85 bits per heavy atom. The number of hydrogen-bond acceptors (Lipinski definition) is 5. The van der Waals surface area contributed by atoms with Crippen LogP contribution in [0.2, 0.25) is 0 Å². The van der Waals surface area contributed by atoms with E-state index in [0.29, 0.717) is 24.2 Å². The molecular formula is C26H23N3O4S. The topological polar surface area (TPSA) is 90.3 Å². The van der Waals surface area contributed by atoms with Gasteiger partial charge in [0.2, 0.25) is 0 Å². The molecule has 1 aromatic heterocycles. The predicted octanol–water partition coefficient (Wildman–Crippen LogP) is 3.68. The van der Waals surface area contributed by atoms with Crippen LogP contribution in [0.5, 0.6) is 5.75 Å². The molecule has 5 rings (SSSR count). The SMILES string of the molecule is CS(=O)(=O)c1ccc(-c2cccc3c2O[C@@H](CNC(=O)c2ccccc2-n2cccn2)C3)cc1. The van der Waals surface area contributed by atoms with Crippen molar-refractivity contribution in [1.29, 1.82) is 0 Å². The van der Waals surface area contributed by atoms with Crippen molar-refractivity contribution in [2.24, 2.45) is 0 Å². The molecule has 3 aromatic carbocycles. The van der Waals surface area contributed by atoms with Gasteiger partial charge < -0.3 is 10.1 Å². The number of hydrogen-bond donors (Lipinski definition) is 1. The van der Waals surface area contributed by atoms with Gasteiger partial charge in [-0.1, -0.05) is 42.5 Å². The maximum absolute atomic E-state index is 12.9. The lowest BCUT2D eigenvalue weighted by Crippen LogP contribution is -2.35. The summed E-state index contributed by atoms with van der Waals surface area (Å²) in [5, 5.41) is 7.22. The van der Waals surface area contributed by atoms with Crippen molar-refractivity contribution in [2.75, 3.05) is 12.8 Å². The van der Waals surface area contributed by atoms with E-state index in [-0.39, 0.29) is 16.9 Å². The standard InChI is InChI=1S/C26H23N3O4S/c1-34(31,32)21-12-10-18(11-13-21)22-8-4-6-19-16-20(33-25(19)22)17-27-26(30)23-7-2-3-9-24(23)29-15-5-14-28-29/h2-15,20H,16-17H2,1H3,(H,27,30)/t20-/m1/s1. The molecule has 34 heavy (non-hydrogen) atoms. The zero-order valence-corrected chi connectivity index (χ0v) is 19.3. The number of para-hydroxylation sites is 2. The van der Waals surface area contributed by atoms with Crippen LogP contribution in [-0.4, -0.2) is 43.0 Å². The van der Waals surface area contributed by atoms with E-state index >= 15 is 0 Å². The Morgan fingerprint density at radius 1 is 1.06 bits per heavy atom. The fourth-order valence-electron chi connectivity index (χ4n) is 4.14. The summed E-state index contributed by atoms with van der Waals surface area (Å²) >= 11 is 0. The molecule has 0 fully saturated rings. The Morgan fingerprint density at radius 3 is 2.59 bits per heavy atom. The van der Waals surface area contributed by atoms with E-state index < -0.39 is 9.84 Å². The van der Waals surface area contributed by atoms with E-state index in [1.54, 1.807) is 47.4 Å². The van der Waals surface area contributed by atoms with E-state index in [2.05, 4.69) is 10.4 Å². The molecule has 1 aliphatic heterocycles. The Kier molecular flexibility index (Phi) is 5.67. The highest BCUT2D eigenvalue weighted by atomic mass is 32.2. The summed E-state index contributed by atoms with van der Waals surface area (Å²) < 4.78 is 31.4. The molecule has 1 amide bonds. The number of nitrogens with zero attached hydrogens (tertiary/aromatic N) is 2. The largest absolute Gasteiger partial charge is 0.487 e. The summed E-state index contributed by atoms with van der Waals surface area (Å²) in [5.41, 5.74) is 4.08. The zero-order valence-electron chi connectivity index (χ0n) is 18.5. The van der Waals surface area contributed by atoms with Crippen molar-refractivity contribution < 1.29 is 17.9 Å². The number of carbonyl (C=O) groups is 1. The van der Waals surface area contributed by atoms with Gasteiger partial charge in [0.05, 0.1) is 22.7 Å². The van der Waals surface area contributed by atoms with E-state index in [4.69, 9.17) is 4.74 Å². The summed E-state index contributed by atoms with van der Waals surface area (Å²) in [6.07, 6.45) is 5.13. The predicted molar refractivity (Wildman–Crippen MR) is 129 cm³/mol. The normalized spacial score (nSPS) is 14.9. The van der Waals surface area contributed by atoms with Crippen LogP contribution < -0.4 is 10.1 Å². The van der Waals surface area contributed by atoms with Crippen LogP contribution in [0.15, 0.2) is 90.1 Å². The fourth-order valence-corrected chi connectivity index (χ4v) is 4.77. The first-order chi connectivity index (χ1) is 16.4. The fraction of sp³-hybridized carbons (Fsp3) is 0.154. The minimum absolute atomic E-state index is 0.192. The molecule has 0 aliphatic carbocycles. The van der Waals surface area contributed by atoms with Gasteiger partial charge in [-0.3, -0.25) is 4.79 Å². The lowest BCUT2D eigenvalue weighted by molar-refractivity contribution is 0.0933. The van der Waals surface area contributed by atoms with Crippen LogP contribution in [0.4, 0.5) is 0 Å². The minimum Gasteiger partial charge on any atom is -0.487 e. The highest BCUT2D eigenvalue weighted by Crippen LogP contribution is 2.39. The molecule has 0 saturated carbocycles. The molecule has 1 aliphatic rings. The van der Waals surface area contributed by atoms with Crippen molar-refractivity contribution in [3.63, 3.8) is 0 Å². The first-order valence-electron chi connectivity index (χ1n) is 10.9. The molecule has 7 nitrogen and oxygen atoms in total. The van der Waals surface area contributed by atoms with Crippen molar-refractivity contribution >= 4 is 15.7 Å². The van der Waals surface area contributed by atoms with E-state index in [1.807, 2.05) is 42.5 Å². The molecular weight excluding hydrogens is 450 g/mol. The highest BCUT2D eigenvalue weighted by Gasteiger charge is 2.26. The van der Waals surface area contributed by atoms with Crippen LogP contribution >= 0.6 is 0 Å². The average Bonchev–Trinajstić information content (AvgIpc) is 3.52. The minimum atomic E-state index is -3.25. The van der Waals surface area contributed by atoms with Gasteiger partial charge in [-0.15, -0.1) is 0 Å². The molecule has 0 radical (unpaired) electrons. The van der Waals surface area contributed by atoms with E-state index in [0.717, 1.165) is 22.4 Å². The van der Waals surface area contributed by atoms with E-state index in [9.17, 15) is 13.2 Å². The third-order valence-electron chi connectivity index (χ3n) is 5.81. The quantitative estimate of drug-likeness (QED) is 0.461. The van der Waals surface area contributed by atoms with Crippen molar-refractivity contribution in [3.05, 3.63) is 96.3 Å². The number of nitrogens with one attached hydrogen (secondary N) is 1. The molecule has 2 heterocycles. The van der Waals surface area contributed by atoms with Crippen LogP contribution in [-0.2, 0) is 16.3 Å². The number of carbonyl (C=O) groups excluding carboxylic acids is 1. The van der Waals surface area contributed by atoms with Gasteiger partial charge in [0.15, 0.2) is 9.84 Å². The summed E-state index contributed by atoms with van der Waals surface area (Å²) in [4.78, 5) is 13.2. The van der Waals surface area contributed by atoms with Crippen LogP contribution in [0.25, 0.3) is 16.8 Å². The van der Waals surface area contributed by atoms with Crippen LogP contribution in [0.3, 0.4) is 0 Å². The molecule has 0 unspecified atom stereocenters. The molecule has 1 atom stereocenters. The summed E-state index contributed by atoms with van der Waals surface area (Å²) in [6, 6.07) is 21.8. The lowest BCUT2D eigenvalue weighted by Gasteiger charge is -2.15. The van der Waals surface area contributed by atoms with Crippen molar-refractivity contribution in [2.45, 2.75) is 17.4 Å². The Hall–Kier alpha value is -3.91. The molecule has 0 spiro atoms. The van der Waals surface area contributed by atoms with Gasteiger partial charge in [0, 0.05) is 30.6 Å². The first kappa shape index (κ1) is 21.9. The Labute approximate surface area is 197 Å². The van der Waals surface area contributed by atoms with Crippen LogP contribution in [0, 0.1) is 0 Å². The second-order valence-electron chi connectivity index (χ2n) is 8.21. The molecule has 4 aromatic rings. The molecule has 0 bridgehead atoms. The van der Waals surface area contributed by atoms with E-state index in [1.165, 1.54) is 6.26 Å². The first-order valence-corrected chi connectivity index (χ1v) is 12.8. The van der Waals surface area contributed by atoms with Crippen LogP contribution in [0.1, 0.15) is 15.9 Å². The molecule has 172 valence electrons. The number of ether oxygens (including phenoxy) is 1. The van der Waals surface area contributed by atoms with Gasteiger partial charge in [-0.25, -0.2) is 13.1 Å². The summed E-state index contributed by atoms with van der Waals surface area (Å²) in [5.74, 6) is 0.577. The number of rotatable bonds is 6. The maximum atomic E-state index is 12.9. The van der Waals surface area contributed by atoms with Gasteiger partial charge in [0.1, 0.15) is 11.9 Å². The Bertz CT molecular complexity index is 1450. The smallest absolute Gasteiger partial charge is 0.253 e. The lowest BCUT2D eigenvalue weighted by atomic mass is 10.0. The maximum Gasteiger partial charge on any atom is 0.253 e. The molecule has 8 heteroatoms. The third kappa shape index (κ3) is 4.32. The van der Waals surface area contributed by atoms with Crippen molar-refractivity contribution in [1.82, 2.24) is 15.1 Å². The van der Waals surface area contributed by atoms with Crippen molar-refractivity contribution in [3.8, 4) is 22.6 Å². The number of sulfone groups is 1. The number of benzene rings is 3. The summed E-state index contributed by atoms with van der Waals surface area (Å²) in [6.45, 7) is 0.355. The third-order valence-corrected chi connectivity index (χ3v) is 6.94. The summed E-state index contributed by atoms with van der Waals surface area (Å²) in [7, 11) is -3.25. The van der Waals surface area contributed by atoms with Gasteiger partial charge >= 0.3 is 0 Å². The second kappa shape index (κ2) is 8.79. The number of fused-ring (bicyclic) bond motifs is 1. The number of aromatic nitrogens is 2. The monoisotopic (exact) mass is 473 g/mol. The Balaban J connectivity index is 1.30. The average molecular weight is 474 g/mol. The van der Waals surface area contributed by atoms with Gasteiger partial charge in [-0.05, 0) is 41.5 Å². The molecule has 1 N–H and O–H groups in total. The van der Waals surface area contributed by atoms with Gasteiger partial charge in [-0.2, -0.15) is 5.10 Å². The molecule has 0 saturated heterocycles. The zero-order chi connectivity index (χ0) is 23.7. The number of amides is 1.